The molecule has 1 N–H and O–H groups in total. The molecule has 0 saturated carbocycles. The molecule has 0 atom stereocenters. The highest BCUT2D eigenvalue weighted by atomic mass is 35.5. The summed E-state index contributed by atoms with van der Waals surface area (Å²) >= 11 is 11.0. The fraction of sp³-hybridized carbons (Fsp3) is 0. The molecule has 0 aliphatic carbocycles. The average molecular weight is 307 g/mol. The second-order valence-electron chi connectivity index (χ2n) is 4.24. The van der Waals surface area contributed by atoms with Crippen LogP contribution in [-0.4, -0.2) is 9.55 Å². The maximum absolute atomic E-state index is 13.3. The van der Waals surface area contributed by atoms with E-state index in [1.54, 1.807) is 24.3 Å². The van der Waals surface area contributed by atoms with E-state index >= 15 is 0 Å². The van der Waals surface area contributed by atoms with E-state index in [9.17, 15) is 9.18 Å². The predicted molar refractivity (Wildman–Crippen MR) is 79.7 cm³/mol. The molecule has 20 heavy (non-hydrogen) atoms. The van der Waals surface area contributed by atoms with Crippen molar-refractivity contribution >= 4 is 34.7 Å². The van der Waals surface area contributed by atoms with Crippen LogP contribution in [0, 0.1) is 10.6 Å². The van der Waals surface area contributed by atoms with Crippen LogP contribution in [0.3, 0.4) is 0 Å². The van der Waals surface area contributed by atoms with E-state index in [4.69, 9.17) is 23.8 Å². The molecule has 0 spiro atoms. The number of aromatic nitrogens is 2. The van der Waals surface area contributed by atoms with Crippen LogP contribution in [0.1, 0.15) is 0 Å². The predicted octanol–water partition coefficient (Wildman–Crippen LogP) is 3.84. The molecule has 0 aliphatic heterocycles. The first-order valence-electron chi connectivity index (χ1n) is 5.77. The Morgan fingerprint density at radius 2 is 1.85 bits per heavy atom. The van der Waals surface area contributed by atoms with Gasteiger partial charge in [0, 0.05) is 5.02 Å². The van der Waals surface area contributed by atoms with Gasteiger partial charge < -0.3 is 4.98 Å². The highest BCUT2D eigenvalue weighted by molar-refractivity contribution is 7.71. The number of nitrogens with zero attached hydrogens (tertiary/aromatic N) is 1. The van der Waals surface area contributed by atoms with Crippen molar-refractivity contribution < 1.29 is 4.39 Å². The molecule has 0 fully saturated rings. The SMILES string of the molecule is O=c1c2cc(F)ccc2[nH]c(=S)n1-c1ccc(Cl)cc1. The Balaban J connectivity index is 2.39. The first kappa shape index (κ1) is 13.0. The monoisotopic (exact) mass is 306 g/mol. The molecule has 6 heteroatoms. The van der Waals surface area contributed by atoms with Gasteiger partial charge in [-0.15, -0.1) is 0 Å². The molecule has 3 rings (SSSR count). The van der Waals surface area contributed by atoms with Crippen LogP contribution in [0.2, 0.25) is 5.02 Å². The summed E-state index contributed by atoms with van der Waals surface area (Å²) in [6, 6.07) is 10.6. The molecule has 0 amide bonds. The van der Waals surface area contributed by atoms with Gasteiger partial charge in [0.15, 0.2) is 4.77 Å². The standard InChI is InChI=1S/C14H8ClFN2OS/c15-8-1-4-10(5-2-8)18-13(19)11-7-9(16)3-6-12(11)17-14(18)20/h1-7H,(H,17,20). The van der Waals surface area contributed by atoms with Gasteiger partial charge in [0.05, 0.1) is 16.6 Å². The lowest BCUT2D eigenvalue weighted by Crippen LogP contribution is -2.20. The smallest absolute Gasteiger partial charge is 0.266 e. The Bertz CT molecular complexity index is 915. The zero-order valence-corrected chi connectivity index (χ0v) is 11.6. The van der Waals surface area contributed by atoms with Crippen molar-refractivity contribution in [1.82, 2.24) is 9.55 Å². The first-order chi connectivity index (χ1) is 9.56. The van der Waals surface area contributed by atoms with E-state index in [0.717, 1.165) is 0 Å². The van der Waals surface area contributed by atoms with Crippen molar-refractivity contribution in [3.05, 3.63) is 68.4 Å². The molecule has 1 aromatic heterocycles. The molecule has 1 heterocycles. The molecule has 3 nitrogen and oxygen atoms in total. The summed E-state index contributed by atoms with van der Waals surface area (Å²) < 4.78 is 14.9. The number of nitrogens with one attached hydrogen (secondary N) is 1. The minimum atomic E-state index is -0.470. The van der Waals surface area contributed by atoms with Crippen molar-refractivity contribution in [2.24, 2.45) is 0 Å². The van der Waals surface area contributed by atoms with Gasteiger partial charge in [-0.05, 0) is 54.7 Å². The van der Waals surface area contributed by atoms with Gasteiger partial charge in [0.2, 0.25) is 0 Å². The normalized spacial score (nSPS) is 10.9. The zero-order chi connectivity index (χ0) is 14.3. The molecular weight excluding hydrogens is 299 g/mol. The Labute approximate surface area is 123 Å². The molecule has 2 aromatic carbocycles. The fourth-order valence-corrected chi connectivity index (χ4v) is 2.44. The van der Waals surface area contributed by atoms with Gasteiger partial charge >= 0.3 is 0 Å². The van der Waals surface area contributed by atoms with E-state index in [0.29, 0.717) is 16.2 Å². The minimum Gasteiger partial charge on any atom is -0.331 e. The number of halogens is 2. The molecule has 0 aliphatic rings. The van der Waals surface area contributed by atoms with Gasteiger partial charge in [0.25, 0.3) is 5.56 Å². The summed E-state index contributed by atoms with van der Waals surface area (Å²) in [4.78, 5) is 15.4. The Morgan fingerprint density at radius 1 is 1.15 bits per heavy atom. The molecule has 100 valence electrons. The van der Waals surface area contributed by atoms with Crippen molar-refractivity contribution in [2.45, 2.75) is 0 Å². The number of hydrogen-bond donors (Lipinski definition) is 1. The van der Waals surface area contributed by atoms with Crippen LogP contribution in [0.5, 0.6) is 0 Å². The quantitative estimate of drug-likeness (QED) is 0.694. The van der Waals surface area contributed by atoms with Gasteiger partial charge in [-0.1, -0.05) is 11.6 Å². The zero-order valence-electron chi connectivity index (χ0n) is 10.1. The van der Waals surface area contributed by atoms with Crippen LogP contribution in [0.25, 0.3) is 16.6 Å². The van der Waals surface area contributed by atoms with Gasteiger partial charge in [-0.3, -0.25) is 9.36 Å². The highest BCUT2D eigenvalue weighted by Crippen LogP contribution is 2.15. The second-order valence-corrected chi connectivity index (χ2v) is 5.06. The summed E-state index contributed by atoms with van der Waals surface area (Å²) in [5.74, 6) is -0.470. The van der Waals surface area contributed by atoms with E-state index in [1.165, 1.54) is 22.8 Å². The lowest BCUT2D eigenvalue weighted by atomic mass is 10.2. The summed E-state index contributed by atoms with van der Waals surface area (Å²) in [6.07, 6.45) is 0. The summed E-state index contributed by atoms with van der Waals surface area (Å²) in [5, 5.41) is 0.803. The lowest BCUT2D eigenvalue weighted by Gasteiger charge is -2.08. The minimum absolute atomic E-state index is 0.244. The van der Waals surface area contributed by atoms with Crippen molar-refractivity contribution in [2.75, 3.05) is 0 Å². The van der Waals surface area contributed by atoms with Crippen molar-refractivity contribution in [3.8, 4) is 5.69 Å². The molecular formula is C14H8ClFN2OS. The maximum atomic E-state index is 13.3. The third kappa shape index (κ3) is 2.15. The third-order valence-corrected chi connectivity index (χ3v) is 3.48. The highest BCUT2D eigenvalue weighted by Gasteiger charge is 2.08. The molecule has 0 saturated heterocycles. The van der Waals surface area contributed by atoms with Crippen molar-refractivity contribution in [3.63, 3.8) is 0 Å². The molecule has 0 bridgehead atoms. The number of benzene rings is 2. The van der Waals surface area contributed by atoms with E-state index in [2.05, 4.69) is 4.98 Å². The summed E-state index contributed by atoms with van der Waals surface area (Å²) in [5.41, 5.74) is 0.712. The van der Waals surface area contributed by atoms with Crippen LogP contribution in [0.15, 0.2) is 47.3 Å². The largest absolute Gasteiger partial charge is 0.331 e. The number of aromatic amines is 1. The Hall–Kier alpha value is -1.98. The number of fused-ring (bicyclic) bond motifs is 1. The maximum Gasteiger partial charge on any atom is 0.266 e. The van der Waals surface area contributed by atoms with E-state index < -0.39 is 5.82 Å². The molecule has 0 unspecified atom stereocenters. The van der Waals surface area contributed by atoms with Crippen LogP contribution in [-0.2, 0) is 0 Å². The molecule has 3 aromatic rings. The Morgan fingerprint density at radius 3 is 2.55 bits per heavy atom. The number of H-pyrrole nitrogens is 1. The first-order valence-corrected chi connectivity index (χ1v) is 6.55. The van der Waals surface area contributed by atoms with Gasteiger partial charge in [-0.25, -0.2) is 4.39 Å². The number of rotatable bonds is 1. The lowest BCUT2D eigenvalue weighted by molar-refractivity contribution is 0.629. The second kappa shape index (κ2) is 4.85. The van der Waals surface area contributed by atoms with E-state index in [1.807, 2.05) is 0 Å². The van der Waals surface area contributed by atoms with Crippen molar-refractivity contribution in [1.29, 1.82) is 0 Å². The number of hydrogen-bond acceptors (Lipinski definition) is 2. The van der Waals surface area contributed by atoms with Gasteiger partial charge in [0.1, 0.15) is 5.82 Å². The van der Waals surface area contributed by atoms with E-state index in [-0.39, 0.29) is 15.7 Å². The Kier molecular flexibility index (Phi) is 3.16. The third-order valence-electron chi connectivity index (χ3n) is 2.94. The fourth-order valence-electron chi connectivity index (χ4n) is 2.01. The van der Waals surface area contributed by atoms with Crippen LogP contribution < -0.4 is 5.56 Å². The summed E-state index contributed by atoms with van der Waals surface area (Å²) in [6.45, 7) is 0. The van der Waals surface area contributed by atoms with Crippen LogP contribution >= 0.6 is 23.8 Å². The average Bonchev–Trinajstić information content (AvgIpc) is 2.42. The van der Waals surface area contributed by atoms with Gasteiger partial charge in [-0.2, -0.15) is 0 Å². The topological polar surface area (TPSA) is 37.8 Å². The summed E-state index contributed by atoms with van der Waals surface area (Å²) in [7, 11) is 0. The van der Waals surface area contributed by atoms with Crippen LogP contribution in [0.4, 0.5) is 4.39 Å². The molecule has 0 radical (unpaired) electrons.